The maximum Gasteiger partial charge on any atom is 0.328 e. The molecule has 148 valence electrons. The van der Waals surface area contributed by atoms with E-state index in [0.29, 0.717) is 27.1 Å². The van der Waals surface area contributed by atoms with Gasteiger partial charge >= 0.3 is 5.69 Å². The van der Waals surface area contributed by atoms with Crippen molar-refractivity contribution in [1.29, 1.82) is 5.26 Å². The first kappa shape index (κ1) is 20.5. The molecule has 1 aromatic heterocycles. The molecule has 1 N–H and O–H groups in total. The monoisotopic (exact) mass is 435 g/mol. The first-order valence-electron chi connectivity index (χ1n) is 8.16. The van der Waals surface area contributed by atoms with E-state index in [-0.39, 0.29) is 18.9 Å². The summed E-state index contributed by atoms with van der Waals surface area (Å²) in [6.07, 6.45) is 0.801. The third-order valence-electron chi connectivity index (χ3n) is 3.69. The second kappa shape index (κ2) is 8.82. The topological polar surface area (TPSA) is 97.1 Å². The van der Waals surface area contributed by atoms with Gasteiger partial charge in [0.25, 0.3) is 5.56 Å². The van der Waals surface area contributed by atoms with E-state index in [2.05, 4.69) is 0 Å². The van der Waals surface area contributed by atoms with Gasteiger partial charge in [-0.1, -0.05) is 23.2 Å². The van der Waals surface area contributed by atoms with Gasteiger partial charge in [-0.3, -0.25) is 14.3 Å². The lowest BCUT2D eigenvalue weighted by atomic mass is 10.2. The quantitative estimate of drug-likeness (QED) is 0.635. The van der Waals surface area contributed by atoms with E-state index in [9.17, 15) is 14.0 Å². The van der Waals surface area contributed by atoms with Gasteiger partial charge in [0.2, 0.25) is 5.82 Å². The van der Waals surface area contributed by atoms with Crippen molar-refractivity contribution < 1.29 is 13.9 Å². The summed E-state index contributed by atoms with van der Waals surface area (Å²) < 4.78 is 25.7. The van der Waals surface area contributed by atoms with E-state index in [1.54, 1.807) is 12.1 Å². The van der Waals surface area contributed by atoms with E-state index in [1.165, 1.54) is 24.3 Å². The standard InChI is InChI=1S/C19H12Cl2FN3O4/c20-12-1-2-16(29-14-6-11(9-23)5-13(21)7-14)17(8-12)28-4-3-25-10-15(22)18(26)24-19(25)27/h1-2,5-8,10H,3-4H2,(H,24,26,27). The predicted molar refractivity (Wildman–Crippen MR) is 104 cm³/mol. The van der Waals surface area contributed by atoms with Gasteiger partial charge in [-0.05, 0) is 30.3 Å². The Morgan fingerprint density at radius 3 is 2.66 bits per heavy atom. The van der Waals surface area contributed by atoms with E-state index in [0.717, 1.165) is 10.8 Å². The van der Waals surface area contributed by atoms with Crippen LogP contribution < -0.4 is 20.7 Å². The molecule has 0 spiro atoms. The summed E-state index contributed by atoms with van der Waals surface area (Å²) in [6.45, 7) is -0.0741. The van der Waals surface area contributed by atoms with Crippen LogP contribution in [-0.2, 0) is 6.54 Å². The number of H-pyrrole nitrogens is 1. The van der Waals surface area contributed by atoms with Gasteiger partial charge in [0.05, 0.1) is 24.4 Å². The van der Waals surface area contributed by atoms with Crippen LogP contribution in [0.2, 0.25) is 10.0 Å². The van der Waals surface area contributed by atoms with Gasteiger partial charge in [-0.25, -0.2) is 4.79 Å². The van der Waals surface area contributed by atoms with Gasteiger partial charge in [-0.15, -0.1) is 0 Å². The van der Waals surface area contributed by atoms with Crippen LogP contribution in [0.25, 0.3) is 0 Å². The number of aromatic amines is 1. The summed E-state index contributed by atoms with van der Waals surface area (Å²) in [6, 6.07) is 11.2. The van der Waals surface area contributed by atoms with Crippen molar-refractivity contribution in [3.8, 4) is 23.3 Å². The highest BCUT2D eigenvalue weighted by atomic mass is 35.5. The molecule has 1 heterocycles. The minimum absolute atomic E-state index is 0.0335. The second-order valence-electron chi connectivity index (χ2n) is 5.76. The molecule has 0 atom stereocenters. The molecule has 3 rings (SSSR count). The molecule has 3 aromatic rings. The van der Waals surface area contributed by atoms with Crippen molar-refractivity contribution in [2.75, 3.05) is 6.61 Å². The first-order valence-corrected chi connectivity index (χ1v) is 8.91. The number of benzene rings is 2. The lowest BCUT2D eigenvalue weighted by Crippen LogP contribution is -2.32. The molecule has 0 aliphatic heterocycles. The number of nitrogens with one attached hydrogen (secondary N) is 1. The van der Waals surface area contributed by atoms with Gasteiger partial charge in [0.15, 0.2) is 11.5 Å². The van der Waals surface area contributed by atoms with E-state index < -0.39 is 17.1 Å². The fraction of sp³-hybridized carbons (Fsp3) is 0.105. The first-order chi connectivity index (χ1) is 13.9. The highest BCUT2D eigenvalue weighted by Gasteiger charge is 2.10. The molecular formula is C19H12Cl2FN3O4. The number of hydrogen-bond donors (Lipinski definition) is 1. The number of rotatable bonds is 6. The average molecular weight is 436 g/mol. The molecule has 2 aromatic carbocycles. The Kier molecular flexibility index (Phi) is 6.22. The van der Waals surface area contributed by atoms with Crippen LogP contribution in [0.5, 0.6) is 17.2 Å². The Labute approximate surface area is 173 Å². The largest absolute Gasteiger partial charge is 0.488 e. The zero-order valence-electron chi connectivity index (χ0n) is 14.6. The molecule has 10 heteroatoms. The number of hydrogen-bond acceptors (Lipinski definition) is 5. The SMILES string of the molecule is N#Cc1cc(Cl)cc(Oc2ccc(Cl)cc2OCCn2cc(F)c(=O)[nH]c2=O)c1. The van der Waals surface area contributed by atoms with E-state index in [1.807, 2.05) is 11.1 Å². The summed E-state index contributed by atoms with van der Waals surface area (Å²) in [5.74, 6) is -0.208. The Bertz CT molecular complexity index is 1220. The van der Waals surface area contributed by atoms with Crippen molar-refractivity contribution >= 4 is 23.2 Å². The molecule has 7 nitrogen and oxygen atoms in total. The number of ether oxygens (including phenoxy) is 2. The lowest BCUT2D eigenvalue weighted by molar-refractivity contribution is 0.282. The smallest absolute Gasteiger partial charge is 0.328 e. The number of halogens is 3. The summed E-state index contributed by atoms with van der Waals surface area (Å²) in [5.41, 5.74) is -1.52. The predicted octanol–water partition coefficient (Wildman–Crippen LogP) is 3.73. The van der Waals surface area contributed by atoms with Gasteiger partial charge < -0.3 is 9.47 Å². The zero-order chi connectivity index (χ0) is 21.0. The van der Waals surface area contributed by atoms with Crippen LogP contribution in [0.4, 0.5) is 4.39 Å². The zero-order valence-corrected chi connectivity index (χ0v) is 16.1. The third kappa shape index (κ3) is 5.16. The van der Waals surface area contributed by atoms with Crippen molar-refractivity contribution in [1.82, 2.24) is 9.55 Å². The molecule has 0 unspecified atom stereocenters. The normalized spacial score (nSPS) is 10.4. The summed E-state index contributed by atoms with van der Waals surface area (Å²) in [5, 5.41) is 9.75. The van der Waals surface area contributed by atoms with Gasteiger partial charge in [0.1, 0.15) is 12.4 Å². The lowest BCUT2D eigenvalue weighted by Gasteiger charge is -2.14. The molecule has 29 heavy (non-hydrogen) atoms. The molecular weight excluding hydrogens is 424 g/mol. The molecule has 0 bridgehead atoms. The van der Waals surface area contributed by atoms with Crippen LogP contribution in [0, 0.1) is 17.1 Å². The molecule has 0 fully saturated rings. The van der Waals surface area contributed by atoms with E-state index >= 15 is 0 Å². The maximum atomic E-state index is 13.3. The van der Waals surface area contributed by atoms with Crippen LogP contribution in [0.3, 0.4) is 0 Å². The Hall–Kier alpha value is -3.28. The summed E-state index contributed by atoms with van der Waals surface area (Å²) >= 11 is 12.0. The average Bonchev–Trinajstić information content (AvgIpc) is 2.67. The van der Waals surface area contributed by atoms with Gasteiger partial charge in [-0.2, -0.15) is 9.65 Å². The Morgan fingerprint density at radius 1 is 1.10 bits per heavy atom. The minimum Gasteiger partial charge on any atom is -0.488 e. The number of nitriles is 1. The fourth-order valence-electron chi connectivity index (χ4n) is 2.39. The third-order valence-corrected chi connectivity index (χ3v) is 4.14. The summed E-state index contributed by atoms with van der Waals surface area (Å²) in [7, 11) is 0. The van der Waals surface area contributed by atoms with Crippen LogP contribution in [0.15, 0.2) is 52.2 Å². The second-order valence-corrected chi connectivity index (χ2v) is 6.63. The summed E-state index contributed by atoms with van der Waals surface area (Å²) in [4.78, 5) is 24.6. The number of nitrogens with zero attached hydrogens (tertiary/aromatic N) is 2. The van der Waals surface area contributed by atoms with Crippen molar-refractivity contribution in [2.24, 2.45) is 0 Å². The van der Waals surface area contributed by atoms with Crippen LogP contribution >= 0.6 is 23.2 Å². The maximum absolute atomic E-state index is 13.3. The molecule has 0 aliphatic rings. The fourth-order valence-corrected chi connectivity index (χ4v) is 2.78. The molecule has 0 amide bonds. The molecule has 0 saturated heterocycles. The highest BCUT2D eigenvalue weighted by molar-refractivity contribution is 6.31. The Balaban J connectivity index is 1.78. The van der Waals surface area contributed by atoms with Crippen molar-refractivity contribution in [2.45, 2.75) is 6.54 Å². The molecule has 0 aliphatic carbocycles. The number of aromatic nitrogens is 2. The van der Waals surface area contributed by atoms with E-state index in [4.69, 9.17) is 37.9 Å². The Morgan fingerprint density at radius 2 is 1.90 bits per heavy atom. The van der Waals surface area contributed by atoms with Crippen molar-refractivity contribution in [3.05, 3.63) is 84.9 Å². The van der Waals surface area contributed by atoms with Crippen molar-refractivity contribution in [3.63, 3.8) is 0 Å². The highest BCUT2D eigenvalue weighted by Crippen LogP contribution is 2.35. The minimum atomic E-state index is -1.09. The van der Waals surface area contributed by atoms with Gasteiger partial charge in [0, 0.05) is 16.1 Å². The molecule has 0 radical (unpaired) electrons. The van der Waals surface area contributed by atoms with Crippen LogP contribution in [0.1, 0.15) is 5.56 Å². The van der Waals surface area contributed by atoms with Crippen LogP contribution in [-0.4, -0.2) is 16.2 Å². The molecule has 0 saturated carbocycles.